The number of hydrogen-bond donors (Lipinski definition) is 2. The van der Waals surface area contributed by atoms with Crippen molar-refractivity contribution in [1.29, 1.82) is 0 Å². The van der Waals surface area contributed by atoms with Crippen molar-refractivity contribution in [3.63, 3.8) is 0 Å². The first-order valence-electron chi connectivity index (χ1n) is 7.92. The first-order chi connectivity index (χ1) is 12.5. The van der Waals surface area contributed by atoms with E-state index < -0.39 is 11.7 Å². The monoisotopic (exact) mass is 370 g/mol. The van der Waals surface area contributed by atoms with Crippen LogP contribution in [0.2, 0.25) is 5.02 Å². The van der Waals surface area contributed by atoms with Gasteiger partial charge in [0.15, 0.2) is 5.82 Å². The van der Waals surface area contributed by atoms with Crippen molar-refractivity contribution in [2.75, 3.05) is 10.6 Å². The van der Waals surface area contributed by atoms with E-state index in [9.17, 15) is 9.18 Å². The molecule has 0 saturated carbocycles. The van der Waals surface area contributed by atoms with Gasteiger partial charge in [0.2, 0.25) is 0 Å². The molecule has 1 amide bonds. The SMILES string of the molecule is Cc1ccccc1CNc1ccc(NC(=O)c2c(F)cccc2Cl)nn1. The number of nitrogens with one attached hydrogen (secondary N) is 2. The Hall–Kier alpha value is -2.99. The number of carbonyl (C=O) groups is 1. The summed E-state index contributed by atoms with van der Waals surface area (Å²) in [4.78, 5) is 12.2. The van der Waals surface area contributed by atoms with Gasteiger partial charge in [0.05, 0.1) is 10.6 Å². The van der Waals surface area contributed by atoms with Crippen LogP contribution in [0.25, 0.3) is 0 Å². The van der Waals surface area contributed by atoms with Crippen LogP contribution in [-0.2, 0) is 6.54 Å². The Labute approximate surface area is 155 Å². The molecule has 0 saturated heterocycles. The molecule has 0 aliphatic rings. The number of nitrogens with zero attached hydrogens (tertiary/aromatic N) is 2. The van der Waals surface area contributed by atoms with E-state index in [1.165, 1.54) is 23.8 Å². The first kappa shape index (κ1) is 17.8. The summed E-state index contributed by atoms with van der Waals surface area (Å²) < 4.78 is 13.8. The van der Waals surface area contributed by atoms with Gasteiger partial charge in [0.25, 0.3) is 5.91 Å². The Morgan fingerprint density at radius 3 is 2.46 bits per heavy atom. The maximum Gasteiger partial charge on any atom is 0.261 e. The van der Waals surface area contributed by atoms with E-state index >= 15 is 0 Å². The lowest BCUT2D eigenvalue weighted by Crippen LogP contribution is -2.16. The van der Waals surface area contributed by atoms with Crippen LogP contribution >= 0.6 is 11.6 Å². The fourth-order valence-electron chi connectivity index (χ4n) is 2.38. The second-order valence-corrected chi connectivity index (χ2v) is 6.04. The van der Waals surface area contributed by atoms with Gasteiger partial charge in [-0.05, 0) is 42.3 Å². The topological polar surface area (TPSA) is 66.9 Å². The normalized spacial score (nSPS) is 10.4. The van der Waals surface area contributed by atoms with Gasteiger partial charge < -0.3 is 10.6 Å². The molecule has 0 radical (unpaired) electrons. The van der Waals surface area contributed by atoms with Crippen molar-refractivity contribution in [2.24, 2.45) is 0 Å². The quantitative estimate of drug-likeness (QED) is 0.696. The third kappa shape index (κ3) is 4.15. The Morgan fingerprint density at radius 1 is 1.04 bits per heavy atom. The highest BCUT2D eigenvalue weighted by atomic mass is 35.5. The summed E-state index contributed by atoms with van der Waals surface area (Å²) in [7, 11) is 0. The van der Waals surface area contributed by atoms with Gasteiger partial charge in [-0.3, -0.25) is 4.79 Å². The average molecular weight is 371 g/mol. The lowest BCUT2D eigenvalue weighted by molar-refractivity contribution is 0.102. The molecule has 2 aromatic carbocycles. The number of hydrogen-bond acceptors (Lipinski definition) is 4. The van der Waals surface area contributed by atoms with E-state index in [1.807, 2.05) is 31.2 Å². The van der Waals surface area contributed by atoms with Crippen molar-refractivity contribution in [3.8, 4) is 0 Å². The number of amides is 1. The van der Waals surface area contributed by atoms with Crippen LogP contribution in [0.4, 0.5) is 16.0 Å². The number of aromatic nitrogens is 2. The number of benzene rings is 2. The Morgan fingerprint density at radius 2 is 1.77 bits per heavy atom. The molecule has 0 atom stereocenters. The summed E-state index contributed by atoms with van der Waals surface area (Å²) in [5, 5.41) is 13.6. The molecule has 0 fully saturated rings. The second kappa shape index (κ2) is 7.93. The van der Waals surface area contributed by atoms with Crippen molar-refractivity contribution in [2.45, 2.75) is 13.5 Å². The summed E-state index contributed by atoms with van der Waals surface area (Å²) in [6, 6.07) is 15.3. The largest absolute Gasteiger partial charge is 0.364 e. The van der Waals surface area contributed by atoms with Gasteiger partial charge in [-0.1, -0.05) is 41.9 Å². The van der Waals surface area contributed by atoms with Crippen molar-refractivity contribution in [3.05, 3.63) is 82.1 Å². The summed E-state index contributed by atoms with van der Waals surface area (Å²) in [5.74, 6) is -0.603. The van der Waals surface area contributed by atoms with Gasteiger partial charge in [-0.25, -0.2) is 4.39 Å². The molecule has 7 heteroatoms. The minimum Gasteiger partial charge on any atom is -0.364 e. The lowest BCUT2D eigenvalue weighted by atomic mass is 10.1. The maximum absolute atomic E-state index is 13.8. The van der Waals surface area contributed by atoms with Crippen LogP contribution in [0.5, 0.6) is 0 Å². The molecule has 5 nitrogen and oxygen atoms in total. The number of halogens is 2. The van der Waals surface area contributed by atoms with Crippen LogP contribution in [0.1, 0.15) is 21.5 Å². The summed E-state index contributed by atoms with van der Waals surface area (Å²) >= 11 is 5.88. The smallest absolute Gasteiger partial charge is 0.261 e. The molecule has 2 N–H and O–H groups in total. The van der Waals surface area contributed by atoms with Crippen molar-refractivity contribution < 1.29 is 9.18 Å². The molecule has 132 valence electrons. The van der Waals surface area contributed by atoms with E-state index in [-0.39, 0.29) is 16.4 Å². The Kier molecular flexibility index (Phi) is 5.43. The summed E-state index contributed by atoms with van der Waals surface area (Å²) in [6.45, 7) is 2.65. The highest BCUT2D eigenvalue weighted by Crippen LogP contribution is 2.20. The number of rotatable bonds is 5. The fourth-order valence-corrected chi connectivity index (χ4v) is 2.63. The molecular formula is C19H16ClFN4O. The number of anilines is 2. The third-order valence-electron chi connectivity index (χ3n) is 3.82. The Balaban J connectivity index is 1.64. The maximum atomic E-state index is 13.8. The molecule has 0 spiro atoms. The van der Waals surface area contributed by atoms with Crippen LogP contribution < -0.4 is 10.6 Å². The van der Waals surface area contributed by atoms with Crippen molar-refractivity contribution >= 4 is 29.1 Å². The highest BCUT2D eigenvalue weighted by molar-refractivity contribution is 6.34. The van der Waals surface area contributed by atoms with E-state index in [0.29, 0.717) is 12.4 Å². The Bertz CT molecular complexity index is 911. The van der Waals surface area contributed by atoms with Gasteiger partial charge in [-0.15, -0.1) is 10.2 Å². The lowest BCUT2D eigenvalue weighted by Gasteiger charge is -2.09. The average Bonchev–Trinajstić information content (AvgIpc) is 2.62. The van der Waals surface area contributed by atoms with E-state index in [2.05, 4.69) is 20.8 Å². The zero-order valence-corrected chi connectivity index (χ0v) is 14.7. The molecular weight excluding hydrogens is 355 g/mol. The number of carbonyl (C=O) groups excluding carboxylic acids is 1. The molecule has 0 aliphatic heterocycles. The van der Waals surface area contributed by atoms with Crippen LogP contribution in [-0.4, -0.2) is 16.1 Å². The summed E-state index contributed by atoms with van der Waals surface area (Å²) in [5.41, 5.74) is 2.11. The van der Waals surface area contributed by atoms with Gasteiger partial charge in [0, 0.05) is 6.54 Å². The van der Waals surface area contributed by atoms with Crippen LogP contribution in [0, 0.1) is 12.7 Å². The minimum absolute atomic E-state index is 0.0342. The van der Waals surface area contributed by atoms with E-state index in [1.54, 1.807) is 12.1 Å². The van der Waals surface area contributed by atoms with Crippen LogP contribution in [0.15, 0.2) is 54.6 Å². The summed E-state index contributed by atoms with van der Waals surface area (Å²) in [6.07, 6.45) is 0. The van der Waals surface area contributed by atoms with Crippen molar-refractivity contribution in [1.82, 2.24) is 10.2 Å². The van der Waals surface area contributed by atoms with Crippen LogP contribution in [0.3, 0.4) is 0 Å². The van der Waals surface area contributed by atoms with Gasteiger partial charge in [0.1, 0.15) is 11.6 Å². The van der Waals surface area contributed by atoms with Gasteiger partial charge >= 0.3 is 0 Å². The molecule has 26 heavy (non-hydrogen) atoms. The molecule has 3 aromatic rings. The highest BCUT2D eigenvalue weighted by Gasteiger charge is 2.16. The minimum atomic E-state index is -0.695. The molecule has 1 heterocycles. The predicted octanol–water partition coefficient (Wildman–Crippen LogP) is 4.44. The zero-order chi connectivity index (χ0) is 18.5. The fraction of sp³-hybridized carbons (Fsp3) is 0.105. The van der Waals surface area contributed by atoms with Gasteiger partial charge in [-0.2, -0.15) is 0 Å². The predicted molar refractivity (Wildman–Crippen MR) is 99.9 cm³/mol. The number of aryl methyl sites for hydroxylation is 1. The molecule has 3 rings (SSSR count). The first-order valence-corrected chi connectivity index (χ1v) is 8.30. The molecule has 1 aromatic heterocycles. The molecule has 0 bridgehead atoms. The second-order valence-electron chi connectivity index (χ2n) is 5.63. The zero-order valence-electron chi connectivity index (χ0n) is 14.0. The standard InChI is InChI=1S/C19H16ClFN4O/c1-12-5-2-3-6-13(12)11-22-16-9-10-17(25-24-16)23-19(26)18-14(20)7-4-8-15(18)21/h2-10H,11H2,1H3,(H,22,24)(H,23,25,26). The molecule has 0 aliphatic carbocycles. The van der Waals surface area contributed by atoms with E-state index in [4.69, 9.17) is 11.6 Å². The van der Waals surface area contributed by atoms with E-state index in [0.717, 1.165) is 5.56 Å². The third-order valence-corrected chi connectivity index (χ3v) is 4.13. The molecule has 0 unspecified atom stereocenters.